The number of ether oxygens (including phenoxy) is 1. The van der Waals surface area contributed by atoms with Gasteiger partial charge in [0, 0.05) is 12.1 Å². The fraction of sp³-hybridized carbons (Fsp3) is 0.176. The monoisotopic (exact) mass is 362 g/mol. The molecular formula is C17H18N2O5S. The third-order valence-corrected chi connectivity index (χ3v) is 3.67. The SMILES string of the molecule is CCC(=O)C(=O)Nc1ccc(Oc2ccccc2)c(NS(C)(=O)=O)c1. The van der Waals surface area contributed by atoms with Crippen LogP contribution in [0.3, 0.4) is 0 Å². The maximum Gasteiger partial charge on any atom is 0.291 e. The zero-order valence-electron chi connectivity index (χ0n) is 13.8. The number of sulfonamides is 1. The first-order chi connectivity index (χ1) is 11.8. The summed E-state index contributed by atoms with van der Waals surface area (Å²) in [6.45, 7) is 1.58. The molecule has 0 atom stereocenters. The number of carbonyl (C=O) groups excluding carboxylic acids is 2. The second-order valence-corrected chi connectivity index (χ2v) is 6.98. The molecule has 0 saturated carbocycles. The summed E-state index contributed by atoms with van der Waals surface area (Å²) >= 11 is 0. The highest BCUT2D eigenvalue weighted by Crippen LogP contribution is 2.32. The Balaban J connectivity index is 2.32. The highest BCUT2D eigenvalue weighted by Gasteiger charge is 2.15. The molecule has 0 saturated heterocycles. The predicted octanol–water partition coefficient (Wildman–Crippen LogP) is 2.77. The van der Waals surface area contributed by atoms with Crippen LogP contribution in [-0.2, 0) is 19.6 Å². The van der Waals surface area contributed by atoms with Crippen LogP contribution in [0.4, 0.5) is 11.4 Å². The van der Waals surface area contributed by atoms with E-state index in [4.69, 9.17) is 4.74 Å². The van der Waals surface area contributed by atoms with Crippen LogP contribution in [0.25, 0.3) is 0 Å². The summed E-state index contributed by atoms with van der Waals surface area (Å²) < 4.78 is 31.2. The molecule has 0 aliphatic heterocycles. The van der Waals surface area contributed by atoms with Gasteiger partial charge in [0.25, 0.3) is 5.91 Å². The molecule has 0 spiro atoms. The highest BCUT2D eigenvalue weighted by molar-refractivity contribution is 7.92. The lowest BCUT2D eigenvalue weighted by molar-refractivity contribution is -0.134. The second-order valence-electron chi connectivity index (χ2n) is 5.23. The number of hydrogen-bond acceptors (Lipinski definition) is 5. The van der Waals surface area contributed by atoms with E-state index in [0.717, 1.165) is 6.26 Å². The Morgan fingerprint density at radius 1 is 1.08 bits per heavy atom. The van der Waals surface area contributed by atoms with E-state index < -0.39 is 21.7 Å². The van der Waals surface area contributed by atoms with Gasteiger partial charge in [0.1, 0.15) is 5.75 Å². The Bertz CT molecular complexity index is 879. The van der Waals surface area contributed by atoms with Crippen molar-refractivity contribution in [2.24, 2.45) is 0 Å². The van der Waals surface area contributed by atoms with E-state index in [9.17, 15) is 18.0 Å². The van der Waals surface area contributed by atoms with E-state index in [-0.39, 0.29) is 23.5 Å². The molecule has 7 nitrogen and oxygen atoms in total. The van der Waals surface area contributed by atoms with Gasteiger partial charge in [0.15, 0.2) is 5.75 Å². The van der Waals surface area contributed by atoms with Crippen molar-refractivity contribution >= 4 is 33.1 Å². The van der Waals surface area contributed by atoms with Gasteiger partial charge in [-0.25, -0.2) is 8.42 Å². The molecule has 0 radical (unpaired) electrons. The number of para-hydroxylation sites is 1. The number of ketones is 1. The number of amides is 1. The molecule has 2 N–H and O–H groups in total. The predicted molar refractivity (Wildman–Crippen MR) is 95.4 cm³/mol. The van der Waals surface area contributed by atoms with E-state index in [1.807, 2.05) is 6.07 Å². The molecule has 0 aliphatic carbocycles. The van der Waals surface area contributed by atoms with Crippen LogP contribution in [0, 0.1) is 0 Å². The lowest BCUT2D eigenvalue weighted by atomic mass is 10.2. The average molecular weight is 362 g/mol. The summed E-state index contributed by atoms with van der Waals surface area (Å²) in [6.07, 6.45) is 1.08. The van der Waals surface area contributed by atoms with Gasteiger partial charge < -0.3 is 10.1 Å². The summed E-state index contributed by atoms with van der Waals surface area (Å²) in [6, 6.07) is 13.2. The smallest absolute Gasteiger partial charge is 0.291 e. The Hall–Kier alpha value is -2.87. The summed E-state index contributed by atoms with van der Waals surface area (Å²) in [5.74, 6) is -0.541. The molecule has 132 valence electrons. The Labute approximate surface area is 146 Å². The zero-order chi connectivity index (χ0) is 18.4. The molecular weight excluding hydrogens is 344 g/mol. The van der Waals surface area contributed by atoms with Gasteiger partial charge in [0.2, 0.25) is 15.8 Å². The molecule has 0 aromatic heterocycles. The maximum absolute atomic E-state index is 11.7. The number of anilines is 2. The van der Waals surface area contributed by atoms with Gasteiger partial charge in [-0.1, -0.05) is 25.1 Å². The van der Waals surface area contributed by atoms with E-state index in [1.165, 1.54) is 18.2 Å². The van der Waals surface area contributed by atoms with E-state index in [1.54, 1.807) is 31.2 Å². The van der Waals surface area contributed by atoms with Crippen molar-refractivity contribution < 1.29 is 22.7 Å². The topological polar surface area (TPSA) is 102 Å². The Kier molecular flexibility index (Phi) is 5.76. The third-order valence-electron chi connectivity index (χ3n) is 3.08. The summed E-state index contributed by atoms with van der Waals surface area (Å²) in [5, 5.41) is 2.43. The number of rotatable bonds is 7. The molecule has 0 heterocycles. The fourth-order valence-corrected chi connectivity index (χ4v) is 2.51. The van der Waals surface area contributed by atoms with Crippen molar-refractivity contribution in [1.82, 2.24) is 0 Å². The van der Waals surface area contributed by atoms with Gasteiger partial charge in [-0.2, -0.15) is 0 Å². The molecule has 0 aliphatic rings. The maximum atomic E-state index is 11.7. The first kappa shape index (κ1) is 18.5. The van der Waals surface area contributed by atoms with E-state index in [0.29, 0.717) is 5.75 Å². The number of hydrogen-bond donors (Lipinski definition) is 2. The quantitative estimate of drug-likeness (QED) is 0.738. The van der Waals surface area contributed by atoms with Crippen LogP contribution >= 0.6 is 0 Å². The van der Waals surface area contributed by atoms with Crippen LogP contribution in [0.2, 0.25) is 0 Å². The summed E-state index contributed by atoms with van der Waals surface area (Å²) in [7, 11) is -3.57. The van der Waals surface area contributed by atoms with E-state index >= 15 is 0 Å². The Morgan fingerprint density at radius 2 is 1.76 bits per heavy atom. The largest absolute Gasteiger partial charge is 0.455 e. The number of benzene rings is 2. The minimum Gasteiger partial charge on any atom is -0.455 e. The molecule has 0 fully saturated rings. The van der Waals surface area contributed by atoms with Gasteiger partial charge in [-0.3, -0.25) is 14.3 Å². The van der Waals surface area contributed by atoms with Crippen LogP contribution in [0.15, 0.2) is 48.5 Å². The summed E-state index contributed by atoms with van der Waals surface area (Å²) in [4.78, 5) is 23.1. The van der Waals surface area contributed by atoms with Crippen LogP contribution in [0.1, 0.15) is 13.3 Å². The number of nitrogens with one attached hydrogen (secondary N) is 2. The van der Waals surface area contributed by atoms with Crippen LogP contribution < -0.4 is 14.8 Å². The van der Waals surface area contributed by atoms with Crippen LogP contribution in [-0.4, -0.2) is 26.4 Å². The lowest BCUT2D eigenvalue weighted by Crippen LogP contribution is -2.21. The highest BCUT2D eigenvalue weighted by atomic mass is 32.2. The molecule has 8 heteroatoms. The minimum absolute atomic E-state index is 0.0789. The molecule has 2 aromatic carbocycles. The molecule has 2 rings (SSSR count). The second kappa shape index (κ2) is 7.80. The first-order valence-corrected chi connectivity index (χ1v) is 9.36. The van der Waals surface area contributed by atoms with Crippen molar-refractivity contribution in [2.75, 3.05) is 16.3 Å². The van der Waals surface area contributed by atoms with Gasteiger partial charge in [-0.05, 0) is 30.3 Å². The van der Waals surface area contributed by atoms with Crippen molar-refractivity contribution in [3.05, 3.63) is 48.5 Å². The molecule has 1 amide bonds. The molecule has 25 heavy (non-hydrogen) atoms. The Morgan fingerprint density at radius 3 is 2.36 bits per heavy atom. The van der Waals surface area contributed by atoms with Gasteiger partial charge >= 0.3 is 0 Å². The van der Waals surface area contributed by atoms with Crippen molar-refractivity contribution in [2.45, 2.75) is 13.3 Å². The fourth-order valence-electron chi connectivity index (χ4n) is 1.95. The average Bonchev–Trinajstić information content (AvgIpc) is 2.56. The van der Waals surface area contributed by atoms with E-state index in [2.05, 4.69) is 10.0 Å². The standard InChI is InChI=1S/C17H18N2O5S/c1-3-15(20)17(21)18-12-9-10-16(14(11-12)19-25(2,22)23)24-13-7-5-4-6-8-13/h4-11,19H,3H2,1-2H3,(H,18,21). The third kappa shape index (κ3) is 5.61. The molecule has 0 unspecified atom stereocenters. The van der Waals surface area contributed by atoms with Crippen molar-refractivity contribution in [3.8, 4) is 11.5 Å². The molecule has 2 aromatic rings. The summed E-state index contributed by atoms with van der Waals surface area (Å²) in [5.41, 5.74) is 0.423. The number of carbonyl (C=O) groups is 2. The number of Topliss-reactive ketones (excluding diaryl/α,β-unsaturated/α-hetero) is 1. The minimum atomic E-state index is -3.57. The zero-order valence-corrected chi connectivity index (χ0v) is 14.6. The normalized spacial score (nSPS) is 10.8. The molecule has 0 bridgehead atoms. The first-order valence-electron chi connectivity index (χ1n) is 7.47. The van der Waals surface area contributed by atoms with Crippen LogP contribution in [0.5, 0.6) is 11.5 Å². The van der Waals surface area contributed by atoms with Gasteiger partial charge in [0.05, 0.1) is 11.9 Å². The van der Waals surface area contributed by atoms with Gasteiger partial charge in [-0.15, -0.1) is 0 Å². The van der Waals surface area contributed by atoms with Crippen molar-refractivity contribution in [1.29, 1.82) is 0 Å². The lowest BCUT2D eigenvalue weighted by Gasteiger charge is -2.14. The van der Waals surface area contributed by atoms with Crippen molar-refractivity contribution in [3.63, 3.8) is 0 Å².